The van der Waals surface area contributed by atoms with Crippen molar-refractivity contribution in [2.24, 2.45) is 0 Å². The summed E-state index contributed by atoms with van der Waals surface area (Å²) in [5.74, 6) is -3.78. The normalized spacial score (nSPS) is 20.1. The predicted octanol–water partition coefficient (Wildman–Crippen LogP) is 4.72. The zero-order valence-corrected chi connectivity index (χ0v) is 27.7. The van der Waals surface area contributed by atoms with Crippen LogP contribution in [0.1, 0.15) is 18.1 Å². The molecule has 0 radical (unpaired) electrons. The molecule has 1 aliphatic rings. The first kappa shape index (κ1) is 36.0. The molecule has 0 unspecified atom stereocenters. The highest BCUT2D eigenvalue weighted by atomic mass is 16.7. The summed E-state index contributed by atoms with van der Waals surface area (Å²) >= 11 is 0. The van der Waals surface area contributed by atoms with E-state index in [4.69, 9.17) is 23.4 Å². The van der Waals surface area contributed by atoms with E-state index in [0.29, 0.717) is 11.1 Å². The number of fused-ring (bicyclic) bond motifs is 1. The molecular weight excluding hydrogens is 692 g/mol. The lowest BCUT2D eigenvalue weighted by Gasteiger charge is -2.42. The molecule has 1 fully saturated rings. The molecule has 14 nitrogen and oxygen atoms in total. The number of aromatic hydroxyl groups is 5. The summed E-state index contributed by atoms with van der Waals surface area (Å²) in [4.78, 5) is 39.3. The van der Waals surface area contributed by atoms with Crippen LogP contribution in [-0.4, -0.2) is 73.3 Å². The fraction of sp³-hybridized carbons (Fsp3) is 0.154. The van der Waals surface area contributed by atoms with Crippen LogP contribution in [-0.2, 0) is 23.8 Å². The van der Waals surface area contributed by atoms with Gasteiger partial charge < -0.3 is 54.0 Å². The zero-order valence-electron chi connectivity index (χ0n) is 27.7. The van der Waals surface area contributed by atoms with Gasteiger partial charge in [-0.3, -0.25) is 4.79 Å². The van der Waals surface area contributed by atoms with Crippen LogP contribution in [0.15, 0.2) is 106 Å². The summed E-state index contributed by atoms with van der Waals surface area (Å²) < 4.78 is 29.0. The SMILES string of the molecule is C[C@H]1O[C@@H](Oc2cc(O)c3c(=O)c(O)c(-c4ccc(O)cc4)oc3c2)[C@H](OC(=O)C=Cc2ccc(O)cc2)[C@H](OC(=O)C=Cc2ccc(O)cc2)[C@H]1O. The maximum absolute atomic E-state index is 13.1. The number of benzene rings is 4. The highest BCUT2D eigenvalue weighted by Gasteiger charge is 2.49. The molecular formula is C39H32O14. The van der Waals surface area contributed by atoms with Crippen molar-refractivity contribution in [1.82, 2.24) is 0 Å². The number of carbonyl (C=O) groups is 2. The second-order valence-electron chi connectivity index (χ2n) is 11.9. The molecule has 0 spiro atoms. The number of aliphatic hydroxyl groups is 1. The lowest BCUT2D eigenvalue weighted by molar-refractivity contribution is -0.275. The van der Waals surface area contributed by atoms with Crippen LogP contribution in [0.5, 0.6) is 34.5 Å². The van der Waals surface area contributed by atoms with E-state index in [1.807, 2.05) is 0 Å². The number of rotatable bonds is 9. The van der Waals surface area contributed by atoms with Gasteiger partial charge in [-0.05, 0) is 78.7 Å². The summed E-state index contributed by atoms with van der Waals surface area (Å²) in [6.45, 7) is 1.46. The second-order valence-corrected chi connectivity index (χ2v) is 11.9. The Kier molecular flexibility index (Phi) is 10.4. The van der Waals surface area contributed by atoms with Crippen LogP contribution in [0.2, 0.25) is 0 Å². The van der Waals surface area contributed by atoms with E-state index in [1.165, 1.54) is 73.7 Å². The number of hydrogen-bond acceptors (Lipinski definition) is 14. The average Bonchev–Trinajstić information content (AvgIpc) is 3.13. The molecule has 1 aromatic heterocycles. The topological polar surface area (TPSA) is 223 Å². The maximum Gasteiger partial charge on any atom is 0.331 e. The number of hydrogen-bond donors (Lipinski definition) is 6. The second kappa shape index (κ2) is 15.2. The Balaban J connectivity index is 1.33. The van der Waals surface area contributed by atoms with Crippen LogP contribution in [0.25, 0.3) is 34.4 Å². The lowest BCUT2D eigenvalue weighted by Crippen LogP contribution is -2.61. The fourth-order valence-corrected chi connectivity index (χ4v) is 5.46. The Morgan fingerprint density at radius 3 is 1.77 bits per heavy atom. The summed E-state index contributed by atoms with van der Waals surface area (Å²) in [6.07, 6.45) is -2.43. The lowest BCUT2D eigenvalue weighted by atomic mass is 9.99. The van der Waals surface area contributed by atoms with Gasteiger partial charge in [-0.2, -0.15) is 0 Å². The van der Waals surface area contributed by atoms with Crippen molar-refractivity contribution < 1.29 is 63.6 Å². The molecule has 0 saturated carbocycles. The molecule has 272 valence electrons. The third-order valence-corrected chi connectivity index (χ3v) is 8.18. The molecule has 14 heteroatoms. The molecule has 0 bridgehead atoms. The summed E-state index contributed by atoms with van der Waals surface area (Å²) in [7, 11) is 0. The first-order valence-electron chi connectivity index (χ1n) is 16.0. The van der Waals surface area contributed by atoms with E-state index in [2.05, 4.69) is 0 Å². The van der Waals surface area contributed by atoms with E-state index in [0.717, 1.165) is 18.2 Å². The number of ether oxygens (including phenoxy) is 4. The van der Waals surface area contributed by atoms with E-state index in [1.54, 1.807) is 24.3 Å². The third kappa shape index (κ3) is 8.25. The minimum atomic E-state index is -1.62. The number of phenolic OH excluding ortho intramolecular Hbond substituents is 4. The zero-order chi connectivity index (χ0) is 37.8. The molecule has 2 heterocycles. The Labute approximate surface area is 300 Å². The highest BCUT2D eigenvalue weighted by molar-refractivity contribution is 5.89. The molecule has 53 heavy (non-hydrogen) atoms. The van der Waals surface area contributed by atoms with Crippen molar-refractivity contribution >= 4 is 35.1 Å². The van der Waals surface area contributed by atoms with Crippen LogP contribution in [0, 0.1) is 0 Å². The first-order chi connectivity index (χ1) is 25.4. The van der Waals surface area contributed by atoms with Gasteiger partial charge in [0.05, 0.1) is 6.10 Å². The number of aliphatic hydroxyl groups excluding tert-OH is 1. The minimum absolute atomic E-state index is 0.0173. The molecule has 0 aliphatic carbocycles. The molecule has 5 atom stereocenters. The predicted molar refractivity (Wildman–Crippen MR) is 188 cm³/mol. The van der Waals surface area contributed by atoms with E-state index >= 15 is 0 Å². The van der Waals surface area contributed by atoms with Gasteiger partial charge in [-0.1, -0.05) is 24.3 Å². The Bertz CT molecular complexity index is 2240. The molecule has 4 aromatic carbocycles. The van der Waals surface area contributed by atoms with Crippen molar-refractivity contribution in [3.05, 3.63) is 118 Å². The summed E-state index contributed by atoms with van der Waals surface area (Å²) in [5, 5.41) is 61.0. The number of carbonyl (C=O) groups excluding carboxylic acids is 2. The summed E-state index contributed by atoms with van der Waals surface area (Å²) in [6, 6.07) is 19.5. The molecule has 1 aliphatic heterocycles. The van der Waals surface area contributed by atoms with Crippen LogP contribution < -0.4 is 10.2 Å². The van der Waals surface area contributed by atoms with Gasteiger partial charge in [-0.25, -0.2) is 9.59 Å². The van der Waals surface area contributed by atoms with Gasteiger partial charge in [0.1, 0.15) is 45.8 Å². The van der Waals surface area contributed by atoms with E-state index in [-0.39, 0.29) is 45.3 Å². The number of phenols is 4. The van der Waals surface area contributed by atoms with Gasteiger partial charge in [0.2, 0.25) is 23.6 Å². The van der Waals surface area contributed by atoms with Gasteiger partial charge >= 0.3 is 11.9 Å². The molecule has 0 amide bonds. The van der Waals surface area contributed by atoms with Gasteiger partial charge in [0.25, 0.3) is 0 Å². The minimum Gasteiger partial charge on any atom is -0.508 e. The Hall–Kier alpha value is -6.77. The van der Waals surface area contributed by atoms with E-state index in [9.17, 15) is 45.0 Å². The van der Waals surface area contributed by atoms with Crippen LogP contribution in [0.3, 0.4) is 0 Å². The summed E-state index contributed by atoms with van der Waals surface area (Å²) in [5.41, 5.74) is 0.147. The Morgan fingerprint density at radius 1 is 0.717 bits per heavy atom. The van der Waals surface area contributed by atoms with Crippen molar-refractivity contribution in [1.29, 1.82) is 0 Å². The number of esters is 2. The molecule has 6 N–H and O–H groups in total. The Morgan fingerprint density at radius 2 is 1.23 bits per heavy atom. The average molecular weight is 725 g/mol. The van der Waals surface area contributed by atoms with Crippen LogP contribution >= 0.6 is 0 Å². The molecule has 6 rings (SSSR count). The fourth-order valence-electron chi connectivity index (χ4n) is 5.46. The van der Waals surface area contributed by atoms with Crippen molar-refractivity contribution in [3.63, 3.8) is 0 Å². The molecule has 1 saturated heterocycles. The van der Waals surface area contributed by atoms with Crippen molar-refractivity contribution in [2.75, 3.05) is 0 Å². The van der Waals surface area contributed by atoms with Crippen molar-refractivity contribution in [2.45, 2.75) is 37.6 Å². The maximum atomic E-state index is 13.1. The van der Waals surface area contributed by atoms with Crippen LogP contribution in [0.4, 0.5) is 0 Å². The van der Waals surface area contributed by atoms with Gasteiger partial charge in [0.15, 0.2) is 11.9 Å². The molecule has 5 aromatic rings. The smallest absolute Gasteiger partial charge is 0.331 e. The van der Waals surface area contributed by atoms with E-state index < -0.39 is 59.6 Å². The van der Waals surface area contributed by atoms with Crippen molar-refractivity contribution in [3.8, 4) is 45.8 Å². The quantitative estimate of drug-likeness (QED) is 0.0894. The van der Waals surface area contributed by atoms with Gasteiger partial charge in [0, 0.05) is 29.8 Å². The largest absolute Gasteiger partial charge is 0.508 e. The first-order valence-corrected chi connectivity index (χ1v) is 16.0. The third-order valence-electron chi connectivity index (χ3n) is 8.18. The monoisotopic (exact) mass is 724 g/mol. The standard InChI is InChI=1S/C39H32O14/c1-20-33(46)37(52-30(44)16-6-21-2-10-24(40)11-3-21)38(53-31(45)17-7-22-4-12-25(41)13-5-22)39(49-20)50-27-18-28(43)32-29(19-27)51-36(35(48)34(32)47)23-8-14-26(42)15-9-23/h2-20,33,37-43,46,48H,1H3/t20-,33+,37-,38-,39+/m1/s1. The highest BCUT2D eigenvalue weighted by Crippen LogP contribution is 2.37. The van der Waals surface area contributed by atoms with Gasteiger partial charge in [-0.15, -0.1) is 0 Å².